The summed E-state index contributed by atoms with van der Waals surface area (Å²) >= 11 is 0. The standard InChI is InChI=1S/C16H24N4O/c21-15(19-13-9-16(13)7-2-1-3-8-16)18-12-6-4-5-11-10-17-20-14(11)12/h10,12-13H,1-9H2,(H,17,20)(H2,18,19,21). The first kappa shape index (κ1) is 13.2. The van der Waals surface area contributed by atoms with E-state index in [0.29, 0.717) is 11.5 Å². The molecule has 0 bridgehead atoms. The number of carbonyl (C=O) groups is 1. The molecule has 2 saturated carbocycles. The fourth-order valence-electron chi connectivity index (χ4n) is 4.33. The molecule has 21 heavy (non-hydrogen) atoms. The summed E-state index contributed by atoms with van der Waals surface area (Å²) in [6, 6.07) is 0.495. The summed E-state index contributed by atoms with van der Waals surface area (Å²) in [6.07, 6.45) is 12.9. The van der Waals surface area contributed by atoms with Crippen molar-refractivity contribution >= 4 is 6.03 Å². The van der Waals surface area contributed by atoms with Crippen molar-refractivity contribution < 1.29 is 4.79 Å². The highest BCUT2D eigenvalue weighted by atomic mass is 16.2. The van der Waals surface area contributed by atoms with Gasteiger partial charge in [-0.2, -0.15) is 5.10 Å². The first-order valence-electron chi connectivity index (χ1n) is 8.36. The molecule has 3 aliphatic carbocycles. The molecule has 1 aromatic rings. The van der Waals surface area contributed by atoms with Crippen molar-refractivity contribution in [3.8, 4) is 0 Å². The van der Waals surface area contributed by atoms with Gasteiger partial charge in [0.1, 0.15) is 0 Å². The van der Waals surface area contributed by atoms with Gasteiger partial charge < -0.3 is 10.6 Å². The van der Waals surface area contributed by atoms with E-state index in [1.54, 1.807) is 0 Å². The maximum Gasteiger partial charge on any atom is 0.315 e. The van der Waals surface area contributed by atoms with Gasteiger partial charge in [-0.15, -0.1) is 0 Å². The zero-order chi connectivity index (χ0) is 14.3. The lowest BCUT2D eigenvalue weighted by Crippen LogP contribution is -2.41. The van der Waals surface area contributed by atoms with Gasteiger partial charge in [-0.05, 0) is 49.5 Å². The molecule has 114 valence electrons. The number of hydrogen-bond acceptors (Lipinski definition) is 2. The highest BCUT2D eigenvalue weighted by Crippen LogP contribution is 2.56. The minimum absolute atomic E-state index is 0.00472. The van der Waals surface area contributed by atoms with Gasteiger partial charge in [0.05, 0.1) is 17.9 Å². The number of aryl methyl sites for hydroxylation is 1. The van der Waals surface area contributed by atoms with Gasteiger partial charge >= 0.3 is 6.03 Å². The summed E-state index contributed by atoms with van der Waals surface area (Å²) in [6.45, 7) is 0. The molecule has 3 N–H and O–H groups in total. The second-order valence-corrected chi connectivity index (χ2v) is 7.05. The van der Waals surface area contributed by atoms with Crippen molar-refractivity contribution in [2.45, 2.75) is 69.9 Å². The van der Waals surface area contributed by atoms with Gasteiger partial charge in [0.2, 0.25) is 0 Å². The Kier molecular flexibility index (Phi) is 3.16. The van der Waals surface area contributed by atoms with Gasteiger partial charge in [-0.25, -0.2) is 4.79 Å². The molecule has 2 amide bonds. The van der Waals surface area contributed by atoms with Crippen LogP contribution in [0.15, 0.2) is 6.20 Å². The number of aromatic nitrogens is 2. The van der Waals surface area contributed by atoms with Crippen LogP contribution in [0.1, 0.15) is 68.7 Å². The lowest BCUT2D eigenvalue weighted by atomic mass is 9.86. The molecule has 4 rings (SSSR count). The second kappa shape index (κ2) is 5.04. The summed E-state index contributed by atoms with van der Waals surface area (Å²) < 4.78 is 0. The number of aromatic amines is 1. The van der Waals surface area contributed by atoms with Crippen molar-refractivity contribution in [1.82, 2.24) is 20.8 Å². The third-order valence-electron chi connectivity index (χ3n) is 5.69. The Bertz CT molecular complexity index is 532. The molecule has 2 atom stereocenters. The van der Waals surface area contributed by atoms with E-state index >= 15 is 0 Å². The Labute approximate surface area is 125 Å². The number of amides is 2. The zero-order valence-corrected chi connectivity index (χ0v) is 12.5. The molecular formula is C16H24N4O. The summed E-state index contributed by atoms with van der Waals surface area (Å²) in [5.41, 5.74) is 2.79. The molecule has 2 fully saturated rings. The maximum absolute atomic E-state index is 12.3. The van der Waals surface area contributed by atoms with Gasteiger partial charge in [0, 0.05) is 6.04 Å². The molecule has 1 heterocycles. The average molecular weight is 288 g/mol. The van der Waals surface area contributed by atoms with Crippen LogP contribution in [0.5, 0.6) is 0 Å². The Morgan fingerprint density at radius 1 is 1.24 bits per heavy atom. The Balaban J connectivity index is 1.33. The van der Waals surface area contributed by atoms with Crippen LogP contribution in [-0.2, 0) is 6.42 Å². The Hall–Kier alpha value is -1.52. The first-order chi connectivity index (χ1) is 10.3. The molecule has 5 nitrogen and oxygen atoms in total. The molecule has 0 aliphatic heterocycles. The van der Waals surface area contributed by atoms with E-state index < -0.39 is 0 Å². The third kappa shape index (κ3) is 2.43. The number of urea groups is 1. The summed E-state index contributed by atoms with van der Waals surface area (Å²) in [5, 5.41) is 13.5. The van der Waals surface area contributed by atoms with Crippen molar-refractivity contribution in [3.63, 3.8) is 0 Å². The summed E-state index contributed by atoms with van der Waals surface area (Å²) in [7, 11) is 0. The van der Waals surface area contributed by atoms with E-state index in [2.05, 4.69) is 20.8 Å². The van der Waals surface area contributed by atoms with Crippen LogP contribution >= 0.6 is 0 Å². The maximum atomic E-state index is 12.3. The number of carbonyl (C=O) groups excluding carboxylic acids is 1. The predicted octanol–water partition coefficient (Wildman–Crippen LogP) is 2.81. The first-order valence-corrected chi connectivity index (χ1v) is 8.36. The highest BCUT2D eigenvalue weighted by molar-refractivity contribution is 5.75. The normalized spacial score (nSPS) is 29.7. The SMILES string of the molecule is O=C(NC1CCCc2cn[nH]c21)NC1CC12CCCCC2. The zero-order valence-electron chi connectivity index (χ0n) is 12.5. The van der Waals surface area contributed by atoms with Gasteiger partial charge in [-0.3, -0.25) is 5.10 Å². The smallest absolute Gasteiger partial charge is 0.315 e. The molecule has 0 saturated heterocycles. The van der Waals surface area contributed by atoms with E-state index in [0.717, 1.165) is 25.0 Å². The van der Waals surface area contributed by atoms with Crippen LogP contribution in [0.3, 0.4) is 0 Å². The fourth-order valence-corrected chi connectivity index (χ4v) is 4.33. The minimum Gasteiger partial charge on any atom is -0.335 e. The number of hydrogen-bond donors (Lipinski definition) is 3. The number of nitrogens with one attached hydrogen (secondary N) is 3. The van der Waals surface area contributed by atoms with Gasteiger partial charge in [0.25, 0.3) is 0 Å². The van der Waals surface area contributed by atoms with Crippen molar-refractivity contribution in [2.24, 2.45) is 5.41 Å². The largest absolute Gasteiger partial charge is 0.335 e. The van der Waals surface area contributed by atoms with Gasteiger partial charge in [-0.1, -0.05) is 19.3 Å². The van der Waals surface area contributed by atoms with E-state index in [-0.39, 0.29) is 12.1 Å². The lowest BCUT2D eigenvalue weighted by Gasteiger charge is -2.25. The molecule has 3 aliphatic rings. The third-order valence-corrected chi connectivity index (χ3v) is 5.69. The van der Waals surface area contributed by atoms with Crippen LogP contribution in [0, 0.1) is 5.41 Å². The molecule has 1 aromatic heterocycles. The molecule has 0 radical (unpaired) electrons. The van der Waals surface area contributed by atoms with Crippen molar-refractivity contribution in [1.29, 1.82) is 0 Å². The quantitative estimate of drug-likeness (QED) is 0.783. The van der Waals surface area contributed by atoms with Crippen LogP contribution < -0.4 is 10.6 Å². The monoisotopic (exact) mass is 288 g/mol. The lowest BCUT2D eigenvalue weighted by molar-refractivity contribution is 0.230. The number of rotatable bonds is 2. The fraction of sp³-hybridized carbons (Fsp3) is 0.750. The second-order valence-electron chi connectivity index (χ2n) is 7.05. The topological polar surface area (TPSA) is 69.8 Å². The molecule has 0 aromatic carbocycles. The summed E-state index contributed by atoms with van der Waals surface area (Å²) in [4.78, 5) is 12.3. The van der Waals surface area contributed by atoms with E-state index in [9.17, 15) is 4.79 Å². The van der Waals surface area contributed by atoms with Gasteiger partial charge in [0.15, 0.2) is 0 Å². The molecule has 2 unspecified atom stereocenters. The van der Waals surface area contributed by atoms with Crippen LogP contribution in [0.4, 0.5) is 4.79 Å². The Morgan fingerprint density at radius 3 is 2.95 bits per heavy atom. The summed E-state index contributed by atoms with van der Waals surface area (Å²) in [5.74, 6) is 0. The minimum atomic E-state index is -0.00472. The number of H-pyrrole nitrogens is 1. The number of nitrogens with zero attached hydrogens (tertiary/aromatic N) is 1. The average Bonchev–Trinajstić information content (AvgIpc) is 2.93. The van der Waals surface area contributed by atoms with E-state index in [1.165, 1.54) is 44.1 Å². The van der Waals surface area contributed by atoms with Crippen molar-refractivity contribution in [2.75, 3.05) is 0 Å². The highest BCUT2D eigenvalue weighted by Gasteiger charge is 2.54. The van der Waals surface area contributed by atoms with Crippen LogP contribution in [0.25, 0.3) is 0 Å². The molecular weight excluding hydrogens is 264 g/mol. The predicted molar refractivity (Wildman–Crippen MR) is 79.9 cm³/mol. The van der Waals surface area contributed by atoms with E-state index in [1.807, 2.05) is 6.20 Å². The Morgan fingerprint density at radius 2 is 2.10 bits per heavy atom. The molecule has 1 spiro atoms. The van der Waals surface area contributed by atoms with E-state index in [4.69, 9.17) is 0 Å². The molecule has 5 heteroatoms. The van der Waals surface area contributed by atoms with Crippen LogP contribution in [-0.4, -0.2) is 22.3 Å². The van der Waals surface area contributed by atoms with Crippen LogP contribution in [0.2, 0.25) is 0 Å². The van der Waals surface area contributed by atoms with Crippen molar-refractivity contribution in [3.05, 3.63) is 17.5 Å². The number of fused-ring (bicyclic) bond motifs is 1.